The number of hydrogen-bond donors (Lipinski definition) is 3. The quantitative estimate of drug-likeness (QED) is 0.483. The number of nitrogens with one attached hydrogen (secondary N) is 1. The molecular weight excluding hydrogens is 400 g/mol. The standard InChI is InChI=1S/C27H46N2O3/c1-25-12-9-20(30)18-19(25)7-8-21-22(25)10-13-26(2)23(21)11-14-27(26,32)15-17-29-24(31)6-4-3-5-16-28/h19,21-23,32H,3-18,28H2,1-2H3,(H,29,31)/t19-,21+,22-,23-,25-,26-,27+/m0/s1. The minimum Gasteiger partial charge on any atom is -0.389 e. The molecule has 5 heteroatoms. The number of ketones is 1. The van der Waals surface area contributed by atoms with Gasteiger partial charge in [0.2, 0.25) is 5.91 Å². The molecule has 0 aromatic heterocycles. The molecule has 0 aromatic carbocycles. The highest BCUT2D eigenvalue weighted by molar-refractivity contribution is 5.79. The predicted molar refractivity (Wildman–Crippen MR) is 127 cm³/mol. The molecule has 0 radical (unpaired) electrons. The van der Waals surface area contributed by atoms with Gasteiger partial charge in [0.05, 0.1) is 5.60 Å². The maximum Gasteiger partial charge on any atom is 0.219 e. The van der Waals surface area contributed by atoms with Crippen molar-refractivity contribution >= 4 is 11.7 Å². The molecular formula is C27H46N2O3. The molecule has 4 aliphatic carbocycles. The number of nitrogens with two attached hydrogens (primary N) is 1. The van der Waals surface area contributed by atoms with E-state index in [9.17, 15) is 14.7 Å². The minimum absolute atomic E-state index is 0.0479. The summed E-state index contributed by atoms with van der Waals surface area (Å²) in [7, 11) is 0. The van der Waals surface area contributed by atoms with Crippen LogP contribution in [0.25, 0.3) is 0 Å². The van der Waals surface area contributed by atoms with E-state index in [1.54, 1.807) is 0 Å². The summed E-state index contributed by atoms with van der Waals surface area (Å²) in [6, 6.07) is 0. The molecule has 32 heavy (non-hydrogen) atoms. The Kier molecular flexibility index (Phi) is 7.08. The number of unbranched alkanes of at least 4 members (excludes halogenated alkanes) is 2. The van der Waals surface area contributed by atoms with Crippen LogP contribution < -0.4 is 11.1 Å². The Hall–Kier alpha value is -0.940. The van der Waals surface area contributed by atoms with Gasteiger partial charge in [0.25, 0.3) is 0 Å². The van der Waals surface area contributed by atoms with Gasteiger partial charge in [0.1, 0.15) is 5.78 Å². The van der Waals surface area contributed by atoms with Crippen molar-refractivity contribution in [3.8, 4) is 0 Å². The molecule has 7 atom stereocenters. The van der Waals surface area contributed by atoms with Gasteiger partial charge in [-0.05, 0) is 105 Å². The fraction of sp³-hybridized carbons (Fsp3) is 0.926. The van der Waals surface area contributed by atoms with E-state index in [0.29, 0.717) is 60.8 Å². The van der Waals surface area contributed by atoms with Crippen molar-refractivity contribution in [2.45, 2.75) is 109 Å². The summed E-state index contributed by atoms with van der Waals surface area (Å²) in [5, 5.41) is 14.9. The summed E-state index contributed by atoms with van der Waals surface area (Å²) in [5.74, 6) is 3.14. The van der Waals surface area contributed by atoms with Gasteiger partial charge >= 0.3 is 0 Å². The number of hydrogen-bond acceptors (Lipinski definition) is 4. The molecule has 0 saturated heterocycles. The average Bonchev–Trinajstić information content (AvgIpc) is 3.03. The Morgan fingerprint density at radius 2 is 1.84 bits per heavy atom. The molecule has 4 aliphatic rings. The molecule has 4 rings (SSSR count). The van der Waals surface area contributed by atoms with Crippen LogP contribution in [0, 0.1) is 34.5 Å². The first kappa shape index (κ1) is 24.2. The number of Topliss-reactive ketones (excluding diaryl/α,β-unsaturated/α-hetero) is 1. The van der Waals surface area contributed by atoms with Crippen LogP contribution in [0.2, 0.25) is 0 Å². The van der Waals surface area contributed by atoms with Crippen LogP contribution in [0.3, 0.4) is 0 Å². The summed E-state index contributed by atoms with van der Waals surface area (Å²) in [6.45, 7) is 6.08. The summed E-state index contributed by atoms with van der Waals surface area (Å²) >= 11 is 0. The zero-order valence-corrected chi connectivity index (χ0v) is 20.5. The van der Waals surface area contributed by atoms with E-state index in [1.807, 2.05) is 0 Å². The molecule has 0 heterocycles. The predicted octanol–water partition coefficient (Wildman–Crippen LogP) is 4.35. The summed E-state index contributed by atoms with van der Waals surface area (Å²) < 4.78 is 0. The zero-order chi connectivity index (χ0) is 23.0. The molecule has 0 bridgehead atoms. The Labute approximate surface area is 194 Å². The number of carbonyl (C=O) groups excluding carboxylic acids is 2. The molecule has 0 aromatic rings. The zero-order valence-electron chi connectivity index (χ0n) is 20.5. The van der Waals surface area contributed by atoms with Crippen molar-refractivity contribution in [1.82, 2.24) is 5.32 Å². The van der Waals surface area contributed by atoms with Gasteiger partial charge in [-0.25, -0.2) is 0 Å². The van der Waals surface area contributed by atoms with Crippen LogP contribution in [0.4, 0.5) is 0 Å². The number of aliphatic hydroxyl groups is 1. The highest BCUT2D eigenvalue weighted by atomic mass is 16.3. The van der Waals surface area contributed by atoms with E-state index in [1.165, 1.54) is 19.3 Å². The Morgan fingerprint density at radius 3 is 2.62 bits per heavy atom. The van der Waals surface area contributed by atoms with E-state index in [2.05, 4.69) is 19.2 Å². The molecule has 4 saturated carbocycles. The second kappa shape index (κ2) is 9.37. The highest BCUT2D eigenvalue weighted by Gasteiger charge is 2.64. The van der Waals surface area contributed by atoms with E-state index >= 15 is 0 Å². The lowest BCUT2D eigenvalue weighted by atomic mass is 9.44. The average molecular weight is 447 g/mol. The third kappa shape index (κ3) is 4.17. The molecule has 182 valence electrons. The van der Waals surface area contributed by atoms with Crippen molar-refractivity contribution in [3.63, 3.8) is 0 Å². The van der Waals surface area contributed by atoms with Crippen LogP contribution in [-0.4, -0.2) is 35.5 Å². The number of fused-ring (bicyclic) bond motifs is 5. The first-order chi connectivity index (χ1) is 15.2. The molecule has 5 nitrogen and oxygen atoms in total. The van der Waals surface area contributed by atoms with Crippen molar-refractivity contribution in [2.75, 3.05) is 13.1 Å². The molecule has 4 N–H and O–H groups in total. The van der Waals surface area contributed by atoms with E-state index in [4.69, 9.17) is 5.73 Å². The van der Waals surface area contributed by atoms with Crippen LogP contribution >= 0.6 is 0 Å². The van der Waals surface area contributed by atoms with Crippen LogP contribution in [-0.2, 0) is 9.59 Å². The first-order valence-corrected chi connectivity index (χ1v) is 13.4. The van der Waals surface area contributed by atoms with Gasteiger partial charge in [-0.2, -0.15) is 0 Å². The molecule has 0 unspecified atom stereocenters. The van der Waals surface area contributed by atoms with Crippen molar-refractivity contribution < 1.29 is 14.7 Å². The fourth-order valence-corrected chi connectivity index (χ4v) is 8.67. The van der Waals surface area contributed by atoms with Crippen LogP contribution in [0.15, 0.2) is 0 Å². The molecule has 0 aliphatic heterocycles. The lowest BCUT2D eigenvalue weighted by Crippen LogP contribution is -2.57. The fourth-order valence-electron chi connectivity index (χ4n) is 8.67. The topological polar surface area (TPSA) is 92.4 Å². The molecule has 1 amide bonds. The van der Waals surface area contributed by atoms with E-state index in [-0.39, 0.29) is 11.3 Å². The lowest BCUT2D eigenvalue weighted by Gasteiger charge is -2.61. The van der Waals surface area contributed by atoms with Crippen molar-refractivity contribution in [1.29, 1.82) is 0 Å². The van der Waals surface area contributed by atoms with Gasteiger partial charge in [-0.3, -0.25) is 9.59 Å². The maximum absolute atomic E-state index is 12.2. The summed E-state index contributed by atoms with van der Waals surface area (Å²) in [6.07, 6.45) is 13.4. The minimum atomic E-state index is -0.671. The van der Waals surface area contributed by atoms with Gasteiger partial charge in [0, 0.05) is 25.8 Å². The van der Waals surface area contributed by atoms with Gasteiger partial charge < -0.3 is 16.2 Å². The Bertz CT molecular complexity index is 711. The SMILES string of the molecule is C[C@]12CCC(=O)C[C@@H]1CC[C@@H]1[C@@H]2CC[C@@]2(C)[C@H]1CC[C@@]2(O)CCNC(=O)CCCCCN. The van der Waals surface area contributed by atoms with Gasteiger partial charge in [-0.15, -0.1) is 0 Å². The lowest BCUT2D eigenvalue weighted by molar-refractivity contribution is -0.158. The van der Waals surface area contributed by atoms with E-state index in [0.717, 1.165) is 57.8 Å². The summed E-state index contributed by atoms with van der Waals surface area (Å²) in [5.41, 5.74) is 5.12. The maximum atomic E-state index is 12.2. The molecule has 4 fully saturated rings. The number of carbonyl (C=O) groups is 2. The van der Waals surface area contributed by atoms with Crippen LogP contribution in [0.5, 0.6) is 0 Å². The van der Waals surface area contributed by atoms with Crippen molar-refractivity contribution in [2.24, 2.45) is 40.2 Å². The second-order valence-corrected chi connectivity index (χ2v) is 12.1. The number of rotatable bonds is 8. The van der Waals surface area contributed by atoms with Crippen LogP contribution in [0.1, 0.15) is 104 Å². The second-order valence-electron chi connectivity index (χ2n) is 12.1. The monoisotopic (exact) mass is 446 g/mol. The highest BCUT2D eigenvalue weighted by Crippen LogP contribution is 2.68. The Balaban J connectivity index is 1.36. The smallest absolute Gasteiger partial charge is 0.219 e. The number of amides is 1. The third-order valence-electron chi connectivity index (χ3n) is 10.8. The largest absolute Gasteiger partial charge is 0.389 e. The van der Waals surface area contributed by atoms with Gasteiger partial charge in [-0.1, -0.05) is 20.3 Å². The molecule has 0 spiro atoms. The summed E-state index contributed by atoms with van der Waals surface area (Å²) in [4.78, 5) is 24.3. The Morgan fingerprint density at radius 1 is 1.06 bits per heavy atom. The van der Waals surface area contributed by atoms with Crippen molar-refractivity contribution in [3.05, 3.63) is 0 Å². The normalized spacial score (nSPS) is 43.3. The van der Waals surface area contributed by atoms with Gasteiger partial charge in [0.15, 0.2) is 0 Å². The first-order valence-electron chi connectivity index (χ1n) is 13.4. The van der Waals surface area contributed by atoms with E-state index < -0.39 is 5.60 Å². The third-order valence-corrected chi connectivity index (χ3v) is 10.8.